The highest BCUT2D eigenvalue weighted by molar-refractivity contribution is 7.17. The first-order valence-corrected chi connectivity index (χ1v) is 15.0. The fraction of sp³-hybridized carbons (Fsp3) is 0.333. The van der Waals surface area contributed by atoms with Gasteiger partial charge in [0, 0.05) is 0 Å². The van der Waals surface area contributed by atoms with Gasteiger partial charge in [0.15, 0.2) is 8.07 Å². The van der Waals surface area contributed by atoms with Crippen LogP contribution in [-0.2, 0) is 0 Å². The van der Waals surface area contributed by atoms with Gasteiger partial charge in [-0.15, -0.1) is 0 Å². The molecule has 1 aliphatic carbocycles. The predicted octanol–water partition coefficient (Wildman–Crippen LogP) is 5.95. The van der Waals surface area contributed by atoms with Gasteiger partial charge in [0.25, 0.3) is 0 Å². The summed E-state index contributed by atoms with van der Waals surface area (Å²) in [4.78, 5) is 0. The topological polar surface area (TPSA) is 27.7 Å². The van der Waals surface area contributed by atoms with Crippen LogP contribution in [0.15, 0.2) is 76.5 Å². The molecule has 0 aromatic heterocycles. The third-order valence-electron chi connectivity index (χ3n) is 8.59. The lowest BCUT2D eigenvalue weighted by atomic mass is 10.1. The molecule has 0 fully saturated rings. The molecule has 194 valence electrons. The Morgan fingerprint density at radius 1 is 0.541 bits per heavy atom. The van der Waals surface area contributed by atoms with Crippen molar-refractivity contribution in [1.29, 1.82) is 0 Å². The zero-order valence-corrected chi connectivity index (χ0v) is 25.0. The number of methoxy groups -OCH3 is 3. The minimum absolute atomic E-state index is 0.313. The average Bonchev–Trinajstić information content (AvgIpc) is 3.10. The Hall–Kier alpha value is -3.24. The summed E-state index contributed by atoms with van der Waals surface area (Å²) >= 11 is 0. The summed E-state index contributed by atoms with van der Waals surface area (Å²) in [5.41, 5.74) is 8.07. The normalized spacial score (nSPS) is 15.9. The Balaban J connectivity index is 2.33. The molecule has 0 saturated carbocycles. The SMILES string of the molecule is COc1ccc(C)c([Si](C2=C(C)C(C)=C(C)C2C)(c2cc(OC)ccc2C)c2cc(OC)ccc2C)c1. The largest absolute Gasteiger partial charge is 0.497 e. The summed E-state index contributed by atoms with van der Waals surface area (Å²) in [5, 5.41) is 5.58. The van der Waals surface area contributed by atoms with Crippen molar-refractivity contribution in [3.63, 3.8) is 0 Å². The van der Waals surface area contributed by atoms with Crippen LogP contribution in [0.1, 0.15) is 44.4 Å². The van der Waals surface area contributed by atoms with Gasteiger partial charge in [-0.2, -0.15) is 0 Å². The van der Waals surface area contributed by atoms with Gasteiger partial charge in [-0.25, -0.2) is 0 Å². The second-order valence-corrected chi connectivity index (χ2v) is 14.0. The molecular formula is C33H40O3Si. The first-order valence-electron chi connectivity index (χ1n) is 13.0. The molecule has 0 heterocycles. The number of ether oxygens (including phenoxy) is 3. The third-order valence-corrected chi connectivity index (χ3v) is 14.2. The first kappa shape index (κ1) is 26.8. The van der Waals surface area contributed by atoms with Gasteiger partial charge >= 0.3 is 0 Å². The molecule has 4 heteroatoms. The van der Waals surface area contributed by atoms with Crippen molar-refractivity contribution in [1.82, 2.24) is 0 Å². The van der Waals surface area contributed by atoms with Gasteiger partial charge in [0.1, 0.15) is 17.2 Å². The first-order chi connectivity index (χ1) is 17.6. The molecule has 4 rings (SSSR count). The summed E-state index contributed by atoms with van der Waals surface area (Å²) in [7, 11) is 2.38. The van der Waals surface area contributed by atoms with Gasteiger partial charge in [-0.1, -0.05) is 58.2 Å². The molecule has 1 atom stereocenters. The minimum Gasteiger partial charge on any atom is -0.497 e. The van der Waals surface area contributed by atoms with Crippen molar-refractivity contribution in [2.75, 3.05) is 21.3 Å². The highest BCUT2D eigenvalue weighted by atomic mass is 28.3. The standard InChI is InChI=1S/C33H40O3Si/c1-20-11-14-27(34-8)17-30(20)37(31-18-28(35-9)15-12-21(31)2,32-19-29(36-10)16-13-22(32)3)33-25(6)23(4)24(5)26(33)7/h11-19,25H,1-10H3. The monoisotopic (exact) mass is 512 g/mol. The zero-order chi connectivity index (χ0) is 27.1. The Kier molecular flexibility index (Phi) is 7.43. The molecule has 0 bridgehead atoms. The van der Waals surface area contributed by atoms with Gasteiger partial charge < -0.3 is 14.2 Å². The maximum atomic E-state index is 5.83. The van der Waals surface area contributed by atoms with Crippen LogP contribution in [0.2, 0.25) is 0 Å². The molecule has 37 heavy (non-hydrogen) atoms. The van der Waals surface area contributed by atoms with Crippen LogP contribution in [0.3, 0.4) is 0 Å². The number of aryl methyl sites for hydroxylation is 3. The number of hydrogen-bond donors (Lipinski definition) is 0. The molecule has 1 unspecified atom stereocenters. The summed E-state index contributed by atoms with van der Waals surface area (Å²) in [6.45, 7) is 16.0. The third kappa shape index (κ3) is 4.21. The molecule has 0 saturated heterocycles. The zero-order valence-electron chi connectivity index (χ0n) is 24.0. The highest BCUT2D eigenvalue weighted by Gasteiger charge is 2.50. The molecule has 3 nitrogen and oxygen atoms in total. The van der Waals surface area contributed by atoms with Crippen LogP contribution >= 0.6 is 0 Å². The Labute approximate surface area is 223 Å². The Morgan fingerprint density at radius 3 is 1.16 bits per heavy atom. The molecule has 3 aromatic carbocycles. The lowest BCUT2D eigenvalue weighted by Crippen LogP contribution is -2.71. The molecule has 3 aromatic rings. The van der Waals surface area contributed by atoms with Gasteiger partial charge in [0.05, 0.1) is 21.3 Å². The van der Waals surface area contributed by atoms with Crippen molar-refractivity contribution in [3.05, 3.63) is 93.2 Å². The predicted molar refractivity (Wildman–Crippen MR) is 158 cm³/mol. The summed E-state index contributed by atoms with van der Waals surface area (Å²) in [6, 6.07) is 19.7. The quantitative estimate of drug-likeness (QED) is 0.289. The van der Waals surface area contributed by atoms with Crippen LogP contribution in [0.5, 0.6) is 17.2 Å². The molecule has 0 amide bonds. The fourth-order valence-electron chi connectivity index (χ4n) is 6.24. The van der Waals surface area contributed by atoms with Gasteiger partial charge in [-0.3, -0.25) is 0 Å². The molecule has 0 spiro atoms. The lowest BCUT2D eigenvalue weighted by Gasteiger charge is -2.41. The summed E-state index contributed by atoms with van der Waals surface area (Å²) in [5.74, 6) is 2.95. The number of allylic oxidation sites excluding steroid dienone is 4. The van der Waals surface area contributed by atoms with Crippen LogP contribution in [-0.4, -0.2) is 29.4 Å². The van der Waals surface area contributed by atoms with E-state index >= 15 is 0 Å². The lowest BCUT2D eigenvalue weighted by molar-refractivity contribution is 0.415. The van der Waals surface area contributed by atoms with E-state index in [1.807, 2.05) is 0 Å². The average molecular weight is 513 g/mol. The van der Waals surface area contributed by atoms with E-state index in [0.717, 1.165) is 17.2 Å². The number of rotatable bonds is 7. The Morgan fingerprint density at radius 2 is 0.892 bits per heavy atom. The van der Waals surface area contributed by atoms with E-state index in [4.69, 9.17) is 14.2 Å². The summed E-state index contributed by atoms with van der Waals surface area (Å²) in [6.07, 6.45) is 0. The van der Waals surface area contributed by atoms with E-state index < -0.39 is 8.07 Å². The van der Waals surface area contributed by atoms with E-state index in [9.17, 15) is 0 Å². The fourth-order valence-corrected chi connectivity index (χ4v) is 12.7. The van der Waals surface area contributed by atoms with Gasteiger partial charge in [0.2, 0.25) is 0 Å². The molecule has 1 aliphatic rings. The van der Waals surface area contributed by atoms with Crippen LogP contribution < -0.4 is 29.8 Å². The van der Waals surface area contributed by atoms with E-state index in [0.29, 0.717) is 5.92 Å². The molecule has 0 radical (unpaired) electrons. The van der Waals surface area contributed by atoms with Crippen molar-refractivity contribution in [3.8, 4) is 17.2 Å². The van der Waals surface area contributed by atoms with E-state index in [-0.39, 0.29) is 0 Å². The van der Waals surface area contributed by atoms with Crippen LogP contribution in [0, 0.1) is 26.7 Å². The maximum Gasteiger partial charge on any atom is 0.177 e. The van der Waals surface area contributed by atoms with E-state index in [1.54, 1.807) is 21.3 Å². The minimum atomic E-state index is -2.88. The Bertz CT molecular complexity index is 1280. The van der Waals surface area contributed by atoms with E-state index in [1.165, 1.54) is 54.2 Å². The van der Waals surface area contributed by atoms with Crippen LogP contribution in [0.4, 0.5) is 0 Å². The van der Waals surface area contributed by atoms with Crippen LogP contribution in [0.25, 0.3) is 0 Å². The molecular weight excluding hydrogens is 472 g/mol. The van der Waals surface area contributed by atoms with Gasteiger partial charge in [-0.05, 0) is 105 Å². The smallest absolute Gasteiger partial charge is 0.177 e. The second kappa shape index (κ2) is 10.3. The number of hydrogen-bond acceptors (Lipinski definition) is 3. The summed E-state index contributed by atoms with van der Waals surface area (Å²) < 4.78 is 17.5. The second-order valence-electron chi connectivity index (χ2n) is 10.4. The highest BCUT2D eigenvalue weighted by Crippen LogP contribution is 2.42. The van der Waals surface area contributed by atoms with Crippen molar-refractivity contribution < 1.29 is 14.2 Å². The van der Waals surface area contributed by atoms with E-state index in [2.05, 4.69) is 103 Å². The molecule has 0 N–H and O–H groups in total. The maximum absolute atomic E-state index is 5.83. The number of benzene rings is 3. The van der Waals surface area contributed by atoms with Crippen molar-refractivity contribution in [2.45, 2.75) is 48.5 Å². The van der Waals surface area contributed by atoms with Crippen molar-refractivity contribution >= 4 is 23.6 Å². The molecule has 0 aliphatic heterocycles. The van der Waals surface area contributed by atoms with Crippen molar-refractivity contribution in [2.24, 2.45) is 5.92 Å².